The first-order valence-electron chi connectivity index (χ1n) is 3.36. The molecule has 0 atom stereocenters. The number of hydrogen-bond acceptors (Lipinski definition) is 3. The summed E-state index contributed by atoms with van der Waals surface area (Å²) in [6.07, 6.45) is 0.642. The van der Waals surface area contributed by atoms with E-state index >= 15 is 0 Å². The normalized spacial score (nSPS) is 9.83. The van der Waals surface area contributed by atoms with Crippen molar-refractivity contribution in [3.05, 3.63) is 29.6 Å². The van der Waals surface area contributed by atoms with Crippen molar-refractivity contribution in [1.82, 2.24) is 4.72 Å². The lowest BCUT2D eigenvalue weighted by Gasteiger charge is -2.01. The van der Waals surface area contributed by atoms with E-state index in [2.05, 4.69) is 4.72 Å². The Labute approximate surface area is 74.3 Å². The molecule has 12 heavy (non-hydrogen) atoms. The largest absolute Gasteiger partial charge is 0.298 e. The molecular formula is C8H8FNOS. The number of nitrogens with one attached hydrogen (secondary N) is 1. The Morgan fingerprint density at radius 3 is 2.92 bits per heavy atom. The molecule has 4 heteroatoms. The summed E-state index contributed by atoms with van der Waals surface area (Å²) in [5, 5.41) is 0. The number of halogens is 1. The van der Waals surface area contributed by atoms with E-state index in [-0.39, 0.29) is 0 Å². The first kappa shape index (κ1) is 9.22. The SMILES string of the molecule is CNSc1ccc(F)cc1C=O. The smallest absolute Gasteiger partial charge is 0.151 e. The number of benzene rings is 1. The van der Waals surface area contributed by atoms with Gasteiger partial charge in [-0.2, -0.15) is 0 Å². The number of hydrogen-bond donors (Lipinski definition) is 1. The molecule has 0 fully saturated rings. The Kier molecular flexibility index (Phi) is 3.25. The molecule has 1 aromatic carbocycles. The molecule has 1 rings (SSSR count). The summed E-state index contributed by atoms with van der Waals surface area (Å²) in [7, 11) is 1.74. The second-order valence-corrected chi connectivity index (χ2v) is 3.16. The highest BCUT2D eigenvalue weighted by Gasteiger charge is 2.02. The molecule has 64 valence electrons. The predicted octanol–water partition coefficient (Wildman–Crippen LogP) is 1.86. The van der Waals surface area contributed by atoms with Crippen LogP contribution in [0.4, 0.5) is 4.39 Å². The van der Waals surface area contributed by atoms with Gasteiger partial charge in [0.1, 0.15) is 5.82 Å². The van der Waals surface area contributed by atoms with Crippen molar-refractivity contribution in [1.29, 1.82) is 0 Å². The fraction of sp³-hybridized carbons (Fsp3) is 0.125. The molecule has 0 aromatic heterocycles. The van der Waals surface area contributed by atoms with Crippen molar-refractivity contribution in [3.63, 3.8) is 0 Å². The van der Waals surface area contributed by atoms with E-state index in [1.807, 2.05) is 0 Å². The molecule has 0 aliphatic rings. The van der Waals surface area contributed by atoms with Crippen LogP contribution < -0.4 is 4.72 Å². The molecule has 0 heterocycles. The second-order valence-electron chi connectivity index (χ2n) is 2.11. The van der Waals surface area contributed by atoms with Crippen LogP contribution in [0.25, 0.3) is 0 Å². The monoisotopic (exact) mass is 185 g/mol. The van der Waals surface area contributed by atoms with Gasteiger partial charge in [0, 0.05) is 10.5 Å². The minimum Gasteiger partial charge on any atom is -0.298 e. The van der Waals surface area contributed by atoms with Crippen molar-refractivity contribution in [2.75, 3.05) is 7.05 Å². The Bertz CT molecular complexity index is 290. The summed E-state index contributed by atoms with van der Waals surface area (Å²) in [4.78, 5) is 11.2. The average molecular weight is 185 g/mol. The Morgan fingerprint density at radius 1 is 1.58 bits per heavy atom. The highest BCUT2D eigenvalue weighted by atomic mass is 32.2. The van der Waals surface area contributed by atoms with Crippen LogP contribution in [0.2, 0.25) is 0 Å². The summed E-state index contributed by atoms with van der Waals surface area (Å²) in [6, 6.07) is 4.11. The molecule has 0 aliphatic heterocycles. The van der Waals surface area contributed by atoms with Gasteiger partial charge in [-0.05, 0) is 37.2 Å². The van der Waals surface area contributed by atoms with E-state index < -0.39 is 5.82 Å². The lowest BCUT2D eigenvalue weighted by atomic mass is 10.2. The van der Waals surface area contributed by atoms with Crippen molar-refractivity contribution in [2.24, 2.45) is 0 Å². The van der Waals surface area contributed by atoms with Crippen molar-refractivity contribution < 1.29 is 9.18 Å². The van der Waals surface area contributed by atoms with Crippen LogP contribution in [-0.2, 0) is 0 Å². The third-order valence-electron chi connectivity index (χ3n) is 1.31. The van der Waals surface area contributed by atoms with Crippen LogP contribution in [0.3, 0.4) is 0 Å². The minimum atomic E-state index is -0.391. The van der Waals surface area contributed by atoms with Gasteiger partial charge in [-0.25, -0.2) is 4.39 Å². The van der Waals surface area contributed by atoms with E-state index in [1.54, 1.807) is 13.1 Å². The number of aldehydes is 1. The highest BCUT2D eigenvalue weighted by molar-refractivity contribution is 7.97. The van der Waals surface area contributed by atoms with Gasteiger partial charge in [-0.3, -0.25) is 9.52 Å². The van der Waals surface area contributed by atoms with Gasteiger partial charge < -0.3 is 0 Å². The molecule has 0 spiro atoms. The fourth-order valence-electron chi connectivity index (χ4n) is 0.814. The summed E-state index contributed by atoms with van der Waals surface area (Å²) >= 11 is 1.29. The molecule has 0 amide bonds. The maximum atomic E-state index is 12.6. The lowest BCUT2D eigenvalue weighted by Crippen LogP contribution is -1.94. The molecule has 0 bridgehead atoms. The molecule has 0 unspecified atom stereocenters. The highest BCUT2D eigenvalue weighted by Crippen LogP contribution is 2.18. The van der Waals surface area contributed by atoms with E-state index in [1.165, 1.54) is 24.1 Å². The van der Waals surface area contributed by atoms with Crippen LogP contribution in [0.15, 0.2) is 23.1 Å². The van der Waals surface area contributed by atoms with E-state index in [4.69, 9.17) is 0 Å². The zero-order valence-corrected chi connectivity index (χ0v) is 7.32. The van der Waals surface area contributed by atoms with Crippen LogP contribution in [-0.4, -0.2) is 13.3 Å². The summed E-state index contributed by atoms with van der Waals surface area (Å²) in [5.41, 5.74) is 0.370. The first-order valence-corrected chi connectivity index (χ1v) is 4.18. The van der Waals surface area contributed by atoms with Gasteiger partial charge in [0.2, 0.25) is 0 Å². The average Bonchev–Trinajstić information content (AvgIpc) is 2.08. The molecule has 2 nitrogen and oxygen atoms in total. The van der Waals surface area contributed by atoms with E-state index in [0.29, 0.717) is 11.8 Å². The number of rotatable bonds is 3. The molecule has 1 aromatic rings. The molecule has 0 saturated carbocycles. The number of carbonyl (C=O) groups excluding carboxylic acids is 1. The zero-order valence-electron chi connectivity index (χ0n) is 6.50. The Morgan fingerprint density at radius 2 is 2.33 bits per heavy atom. The van der Waals surface area contributed by atoms with Crippen LogP contribution in [0.5, 0.6) is 0 Å². The standard InChI is InChI=1S/C8H8FNOS/c1-10-12-8-3-2-7(9)4-6(8)5-11/h2-5,10H,1H3. The quantitative estimate of drug-likeness (QED) is 0.575. The topological polar surface area (TPSA) is 29.1 Å². The molecule has 1 N–H and O–H groups in total. The van der Waals surface area contributed by atoms with Gasteiger partial charge >= 0.3 is 0 Å². The van der Waals surface area contributed by atoms with E-state index in [0.717, 1.165) is 4.90 Å². The van der Waals surface area contributed by atoms with Crippen LogP contribution in [0.1, 0.15) is 10.4 Å². The lowest BCUT2D eigenvalue weighted by molar-refractivity contribution is 0.112. The van der Waals surface area contributed by atoms with Gasteiger partial charge in [0.05, 0.1) is 0 Å². The summed E-state index contributed by atoms with van der Waals surface area (Å²) in [6.45, 7) is 0. The summed E-state index contributed by atoms with van der Waals surface area (Å²) in [5.74, 6) is -0.391. The van der Waals surface area contributed by atoms with Gasteiger partial charge in [-0.15, -0.1) is 0 Å². The van der Waals surface area contributed by atoms with Gasteiger partial charge in [0.15, 0.2) is 6.29 Å². The van der Waals surface area contributed by atoms with Gasteiger partial charge in [-0.1, -0.05) is 0 Å². The molecular weight excluding hydrogens is 177 g/mol. The van der Waals surface area contributed by atoms with Crippen molar-refractivity contribution in [3.8, 4) is 0 Å². The van der Waals surface area contributed by atoms with Crippen LogP contribution >= 0.6 is 11.9 Å². The summed E-state index contributed by atoms with van der Waals surface area (Å²) < 4.78 is 15.4. The third kappa shape index (κ3) is 2.06. The maximum Gasteiger partial charge on any atom is 0.151 e. The first-order chi connectivity index (χ1) is 5.77. The minimum absolute atomic E-state index is 0.370. The molecule has 0 radical (unpaired) electrons. The Hall–Kier alpha value is -0.870. The molecule has 0 aliphatic carbocycles. The third-order valence-corrected chi connectivity index (χ3v) is 2.11. The number of carbonyl (C=O) groups is 1. The predicted molar refractivity (Wildman–Crippen MR) is 46.7 cm³/mol. The van der Waals surface area contributed by atoms with Gasteiger partial charge in [0.25, 0.3) is 0 Å². The Balaban J connectivity index is 3.02. The molecule has 0 saturated heterocycles. The second kappa shape index (κ2) is 4.23. The van der Waals surface area contributed by atoms with Crippen LogP contribution in [0, 0.1) is 5.82 Å². The van der Waals surface area contributed by atoms with Crippen molar-refractivity contribution in [2.45, 2.75) is 4.90 Å². The maximum absolute atomic E-state index is 12.6. The zero-order chi connectivity index (χ0) is 8.97. The van der Waals surface area contributed by atoms with E-state index in [9.17, 15) is 9.18 Å². The fourth-order valence-corrected chi connectivity index (χ4v) is 1.40. The van der Waals surface area contributed by atoms with Crippen molar-refractivity contribution >= 4 is 18.2 Å².